The quantitative estimate of drug-likeness (QED) is 0.830. The molecule has 2 atom stereocenters. The Morgan fingerprint density at radius 3 is 2.84 bits per heavy atom. The van der Waals surface area contributed by atoms with E-state index in [2.05, 4.69) is 16.6 Å². The minimum atomic E-state index is -3.56. The molecule has 0 saturated heterocycles. The van der Waals surface area contributed by atoms with E-state index in [4.69, 9.17) is 5.73 Å². The summed E-state index contributed by atoms with van der Waals surface area (Å²) in [5.41, 5.74) is 5.95. The number of nitrogens with zero attached hydrogens (tertiary/aromatic N) is 1. The smallest absolute Gasteiger partial charge is 0.244 e. The van der Waals surface area contributed by atoms with Gasteiger partial charge in [0.25, 0.3) is 0 Å². The van der Waals surface area contributed by atoms with Crippen molar-refractivity contribution in [2.24, 2.45) is 5.92 Å². The van der Waals surface area contributed by atoms with Crippen molar-refractivity contribution in [3.63, 3.8) is 0 Å². The molecular formula is C13H21N3O2S. The molecule has 1 aliphatic carbocycles. The lowest BCUT2D eigenvalue weighted by atomic mass is 10.0. The molecule has 1 aromatic heterocycles. The fourth-order valence-corrected chi connectivity index (χ4v) is 3.88. The van der Waals surface area contributed by atoms with Crippen molar-refractivity contribution >= 4 is 15.7 Å². The van der Waals surface area contributed by atoms with E-state index in [0.29, 0.717) is 5.92 Å². The SMILES string of the molecule is CC1CCCC(NS(=O)(=O)c2cnccc2N)CC1. The Hall–Kier alpha value is -1.14. The van der Waals surface area contributed by atoms with E-state index in [1.54, 1.807) is 0 Å². The number of aromatic nitrogens is 1. The molecule has 1 aliphatic rings. The lowest BCUT2D eigenvalue weighted by Crippen LogP contribution is -2.34. The van der Waals surface area contributed by atoms with Gasteiger partial charge in [0, 0.05) is 18.4 Å². The van der Waals surface area contributed by atoms with Crippen LogP contribution < -0.4 is 10.5 Å². The first-order chi connectivity index (χ1) is 8.99. The molecule has 1 aromatic rings. The Kier molecular flexibility index (Phi) is 4.42. The van der Waals surface area contributed by atoms with Gasteiger partial charge >= 0.3 is 0 Å². The van der Waals surface area contributed by atoms with Crippen molar-refractivity contribution in [3.05, 3.63) is 18.5 Å². The van der Waals surface area contributed by atoms with Crippen LogP contribution in [0.1, 0.15) is 39.0 Å². The average molecular weight is 283 g/mol. The van der Waals surface area contributed by atoms with Crippen LogP contribution in [-0.2, 0) is 10.0 Å². The van der Waals surface area contributed by atoms with E-state index < -0.39 is 10.0 Å². The molecule has 0 radical (unpaired) electrons. The third kappa shape index (κ3) is 3.67. The van der Waals surface area contributed by atoms with Gasteiger partial charge in [-0.25, -0.2) is 13.1 Å². The Bertz CT molecular complexity index is 530. The van der Waals surface area contributed by atoms with Crippen molar-refractivity contribution in [1.29, 1.82) is 0 Å². The number of nitrogen functional groups attached to an aromatic ring is 1. The number of hydrogen-bond acceptors (Lipinski definition) is 4. The van der Waals surface area contributed by atoms with Crippen LogP contribution in [0.5, 0.6) is 0 Å². The fraction of sp³-hybridized carbons (Fsp3) is 0.615. The molecule has 2 rings (SSSR count). The van der Waals surface area contributed by atoms with Gasteiger partial charge in [-0.2, -0.15) is 0 Å². The fourth-order valence-electron chi connectivity index (χ4n) is 2.50. The number of nitrogens with two attached hydrogens (primary N) is 1. The molecule has 106 valence electrons. The molecule has 1 heterocycles. The van der Waals surface area contributed by atoms with Gasteiger partial charge in [-0.1, -0.05) is 19.8 Å². The highest BCUT2D eigenvalue weighted by Crippen LogP contribution is 2.24. The van der Waals surface area contributed by atoms with Crippen molar-refractivity contribution < 1.29 is 8.42 Å². The normalized spacial score (nSPS) is 24.9. The molecule has 1 saturated carbocycles. The monoisotopic (exact) mass is 283 g/mol. The highest BCUT2D eigenvalue weighted by atomic mass is 32.2. The Labute approximate surface area is 114 Å². The first-order valence-electron chi connectivity index (χ1n) is 6.71. The maximum atomic E-state index is 12.3. The molecule has 1 fully saturated rings. The molecule has 0 bridgehead atoms. The molecule has 0 amide bonds. The van der Waals surface area contributed by atoms with Crippen LogP contribution in [0.25, 0.3) is 0 Å². The van der Waals surface area contributed by atoms with Crippen LogP contribution in [0.3, 0.4) is 0 Å². The van der Waals surface area contributed by atoms with Gasteiger partial charge < -0.3 is 5.73 Å². The number of sulfonamides is 1. The van der Waals surface area contributed by atoms with Crippen LogP contribution in [-0.4, -0.2) is 19.4 Å². The molecule has 2 unspecified atom stereocenters. The predicted octanol–water partition coefficient (Wildman–Crippen LogP) is 1.91. The van der Waals surface area contributed by atoms with E-state index in [1.807, 2.05) is 0 Å². The van der Waals surface area contributed by atoms with Crippen molar-refractivity contribution in [2.75, 3.05) is 5.73 Å². The zero-order valence-electron chi connectivity index (χ0n) is 11.2. The van der Waals surface area contributed by atoms with Crippen LogP contribution >= 0.6 is 0 Å². The number of nitrogens with one attached hydrogen (secondary N) is 1. The lowest BCUT2D eigenvalue weighted by molar-refractivity contribution is 0.484. The molecule has 5 nitrogen and oxygen atoms in total. The van der Waals surface area contributed by atoms with Crippen molar-refractivity contribution in [3.8, 4) is 0 Å². The van der Waals surface area contributed by atoms with Crippen LogP contribution in [0.15, 0.2) is 23.4 Å². The Balaban J connectivity index is 2.11. The molecule has 0 spiro atoms. The number of anilines is 1. The van der Waals surface area contributed by atoms with Crippen molar-refractivity contribution in [1.82, 2.24) is 9.71 Å². The molecule has 3 N–H and O–H groups in total. The third-order valence-electron chi connectivity index (χ3n) is 3.69. The zero-order chi connectivity index (χ0) is 13.9. The van der Waals surface area contributed by atoms with Gasteiger partial charge in [-0.05, 0) is 31.2 Å². The first kappa shape index (κ1) is 14.3. The van der Waals surface area contributed by atoms with Gasteiger partial charge in [0.1, 0.15) is 4.90 Å². The number of hydrogen-bond donors (Lipinski definition) is 2. The number of pyridine rings is 1. The highest BCUT2D eigenvalue weighted by Gasteiger charge is 2.24. The van der Waals surface area contributed by atoms with Gasteiger partial charge in [-0.15, -0.1) is 0 Å². The average Bonchev–Trinajstić information content (AvgIpc) is 2.54. The molecule has 0 aromatic carbocycles. The van der Waals surface area contributed by atoms with Gasteiger partial charge in [-0.3, -0.25) is 4.98 Å². The summed E-state index contributed by atoms with van der Waals surface area (Å²) >= 11 is 0. The summed E-state index contributed by atoms with van der Waals surface area (Å²) in [5, 5.41) is 0. The molecular weight excluding hydrogens is 262 g/mol. The summed E-state index contributed by atoms with van der Waals surface area (Å²) in [4.78, 5) is 3.91. The van der Waals surface area contributed by atoms with Crippen LogP contribution in [0.4, 0.5) is 5.69 Å². The second-order valence-electron chi connectivity index (χ2n) is 5.35. The Morgan fingerprint density at radius 2 is 2.11 bits per heavy atom. The summed E-state index contributed by atoms with van der Waals surface area (Å²) in [6.45, 7) is 2.22. The molecule has 19 heavy (non-hydrogen) atoms. The second kappa shape index (κ2) is 5.88. The summed E-state index contributed by atoms with van der Waals surface area (Å²) in [6, 6.07) is 1.51. The zero-order valence-corrected chi connectivity index (χ0v) is 12.0. The second-order valence-corrected chi connectivity index (χ2v) is 7.03. The third-order valence-corrected chi connectivity index (χ3v) is 5.25. The van der Waals surface area contributed by atoms with E-state index in [9.17, 15) is 8.42 Å². The molecule has 0 aliphatic heterocycles. The summed E-state index contributed by atoms with van der Waals surface area (Å²) in [6.07, 6.45) is 7.88. The van der Waals surface area contributed by atoms with E-state index in [-0.39, 0.29) is 16.6 Å². The van der Waals surface area contributed by atoms with E-state index in [0.717, 1.165) is 25.7 Å². The largest absolute Gasteiger partial charge is 0.398 e. The minimum Gasteiger partial charge on any atom is -0.398 e. The topological polar surface area (TPSA) is 85.1 Å². The summed E-state index contributed by atoms with van der Waals surface area (Å²) < 4.78 is 27.3. The summed E-state index contributed by atoms with van der Waals surface area (Å²) in [7, 11) is -3.56. The van der Waals surface area contributed by atoms with E-state index in [1.165, 1.54) is 24.9 Å². The van der Waals surface area contributed by atoms with E-state index >= 15 is 0 Å². The predicted molar refractivity (Wildman–Crippen MR) is 75.0 cm³/mol. The Morgan fingerprint density at radius 1 is 1.32 bits per heavy atom. The van der Waals surface area contributed by atoms with Gasteiger partial charge in [0.15, 0.2) is 0 Å². The maximum Gasteiger partial charge on any atom is 0.244 e. The maximum absolute atomic E-state index is 12.3. The van der Waals surface area contributed by atoms with Gasteiger partial charge in [0.2, 0.25) is 10.0 Å². The molecule has 6 heteroatoms. The lowest BCUT2D eigenvalue weighted by Gasteiger charge is -2.17. The van der Waals surface area contributed by atoms with Crippen LogP contribution in [0, 0.1) is 5.92 Å². The van der Waals surface area contributed by atoms with Crippen molar-refractivity contribution in [2.45, 2.75) is 50.0 Å². The van der Waals surface area contributed by atoms with Gasteiger partial charge in [0.05, 0.1) is 5.69 Å². The first-order valence-corrected chi connectivity index (χ1v) is 8.19. The highest BCUT2D eigenvalue weighted by molar-refractivity contribution is 7.89. The minimum absolute atomic E-state index is 0.00885. The summed E-state index contributed by atoms with van der Waals surface area (Å²) in [5.74, 6) is 0.679. The van der Waals surface area contributed by atoms with Crippen LogP contribution in [0.2, 0.25) is 0 Å². The number of rotatable bonds is 3. The standard InChI is InChI=1S/C13H21N3O2S/c1-10-3-2-4-11(6-5-10)16-19(17,18)13-9-15-8-7-12(13)14/h7-11,16H,2-6H2,1H3,(H2,14,15).